The molecule has 6 nitrogen and oxygen atoms in total. The van der Waals surface area contributed by atoms with Crippen LogP contribution in [0.4, 0.5) is 0 Å². The number of hydrogen-bond donors (Lipinski definition) is 1. The summed E-state index contributed by atoms with van der Waals surface area (Å²) in [6.07, 6.45) is 2.88. The van der Waals surface area contributed by atoms with Crippen molar-refractivity contribution in [3.8, 4) is 5.75 Å². The summed E-state index contributed by atoms with van der Waals surface area (Å²) in [6.45, 7) is 1.48. The predicted octanol–water partition coefficient (Wildman–Crippen LogP) is 4.69. The van der Waals surface area contributed by atoms with Gasteiger partial charge in [-0.15, -0.1) is 0 Å². The second kappa shape index (κ2) is 12.9. The van der Waals surface area contributed by atoms with E-state index < -0.39 is 6.04 Å². The van der Waals surface area contributed by atoms with Gasteiger partial charge in [-0.2, -0.15) is 0 Å². The van der Waals surface area contributed by atoms with E-state index in [-0.39, 0.29) is 17.9 Å². The predicted molar refractivity (Wildman–Crippen MR) is 139 cm³/mol. The molecule has 1 saturated heterocycles. The lowest BCUT2D eigenvalue weighted by molar-refractivity contribution is -0.141. The van der Waals surface area contributed by atoms with Gasteiger partial charge >= 0.3 is 0 Å². The molecule has 3 aromatic rings. The second-order valence-electron chi connectivity index (χ2n) is 9.05. The van der Waals surface area contributed by atoms with Gasteiger partial charge in [0.2, 0.25) is 11.8 Å². The molecule has 4 rings (SSSR count). The maximum absolute atomic E-state index is 13.7. The van der Waals surface area contributed by atoms with Gasteiger partial charge in [0.05, 0.1) is 13.2 Å². The molecule has 0 spiro atoms. The zero-order valence-electron chi connectivity index (χ0n) is 20.8. The fraction of sp³-hybridized carbons (Fsp3) is 0.333. The SMILES string of the molecule is COc1ccc(CN(C(=O)CCc2ccccc2)[C@H](C(=O)NC[C@@H]2CCCO2)c2ccccc2)cc1. The van der Waals surface area contributed by atoms with Crippen LogP contribution >= 0.6 is 0 Å². The third-order valence-corrected chi connectivity index (χ3v) is 6.51. The van der Waals surface area contributed by atoms with Crippen LogP contribution in [-0.4, -0.2) is 43.1 Å². The van der Waals surface area contributed by atoms with Gasteiger partial charge in [0.15, 0.2) is 0 Å². The van der Waals surface area contributed by atoms with E-state index in [9.17, 15) is 9.59 Å². The van der Waals surface area contributed by atoms with Crippen molar-refractivity contribution in [2.45, 2.75) is 44.4 Å². The number of aryl methyl sites for hydroxylation is 1. The summed E-state index contributed by atoms with van der Waals surface area (Å²) in [5, 5.41) is 3.06. The lowest BCUT2D eigenvalue weighted by atomic mass is 10.0. The molecule has 6 heteroatoms. The summed E-state index contributed by atoms with van der Waals surface area (Å²) < 4.78 is 11.0. The number of carbonyl (C=O) groups is 2. The Morgan fingerprint density at radius 3 is 2.31 bits per heavy atom. The fourth-order valence-electron chi connectivity index (χ4n) is 4.52. The van der Waals surface area contributed by atoms with Gasteiger partial charge in [-0.25, -0.2) is 0 Å². The van der Waals surface area contributed by atoms with E-state index in [4.69, 9.17) is 9.47 Å². The lowest BCUT2D eigenvalue weighted by Gasteiger charge is -2.32. The quantitative estimate of drug-likeness (QED) is 0.427. The van der Waals surface area contributed by atoms with Crippen LogP contribution in [0.15, 0.2) is 84.9 Å². The first kappa shape index (κ1) is 25.5. The zero-order valence-corrected chi connectivity index (χ0v) is 20.8. The van der Waals surface area contributed by atoms with E-state index in [1.807, 2.05) is 84.9 Å². The average molecular weight is 487 g/mol. The van der Waals surface area contributed by atoms with Gasteiger partial charge < -0.3 is 19.7 Å². The zero-order chi connectivity index (χ0) is 25.2. The average Bonchev–Trinajstić information content (AvgIpc) is 3.45. The maximum atomic E-state index is 13.7. The van der Waals surface area contributed by atoms with Crippen molar-refractivity contribution < 1.29 is 19.1 Å². The standard InChI is InChI=1S/C30H34N2O4/c1-35-26-17-14-24(15-18-26)22-32(28(33)19-16-23-9-4-2-5-10-23)29(25-11-6-3-7-12-25)30(34)31-21-27-13-8-20-36-27/h2-7,9-12,14-15,17-18,27,29H,8,13,16,19-22H2,1H3,(H,31,34)/t27-,29-/m0/s1. The summed E-state index contributed by atoms with van der Waals surface area (Å²) in [6, 6.07) is 26.3. The molecular weight excluding hydrogens is 452 g/mol. The minimum Gasteiger partial charge on any atom is -0.497 e. The van der Waals surface area contributed by atoms with Gasteiger partial charge in [-0.05, 0) is 48.1 Å². The molecule has 1 aliphatic rings. The third-order valence-electron chi connectivity index (χ3n) is 6.51. The maximum Gasteiger partial charge on any atom is 0.247 e. The van der Waals surface area contributed by atoms with Gasteiger partial charge in [-0.1, -0.05) is 72.8 Å². The highest BCUT2D eigenvalue weighted by Crippen LogP contribution is 2.26. The molecule has 3 aromatic carbocycles. The highest BCUT2D eigenvalue weighted by molar-refractivity contribution is 5.88. The second-order valence-corrected chi connectivity index (χ2v) is 9.05. The molecule has 1 fully saturated rings. The number of hydrogen-bond acceptors (Lipinski definition) is 4. The van der Waals surface area contributed by atoms with E-state index in [2.05, 4.69) is 5.32 Å². The van der Waals surface area contributed by atoms with Crippen molar-refractivity contribution >= 4 is 11.8 Å². The van der Waals surface area contributed by atoms with Gasteiger partial charge in [0.1, 0.15) is 11.8 Å². The van der Waals surface area contributed by atoms with Gasteiger partial charge in [0, 0.05) is 26.1 Å². The molecular formula is C30H34N2O4. The lowest BCUT2D eigenvalue weighted by Crippen LogP contribution is -2.45. The molecule has 1 heterocycles. The largest absolute Gasteiger partial charge is 0.497 e. The highest BCUT2D eigenvalue weighted by Gasteiger charge is 2.32. The van der Waals surface area contributed by atoms with Crippen LogP contribution in [0.3, 0.4) is 0 Å². The Kier molecular flexibility index (Phi) is 9.11. The van der Waals surface area contributed by atoms with Gasteiger partial charge in [-0.3, -0.25) is 9.59 Å². The number of methoxy groups -OCH3 is 1. The molecule has 36 heavy (non-hydrogen) atoms. The number of rotatable bonds is 11. The van der Waals surface area contributed by atoms with E-state index >= 15 is 0 Å². The first-order chi connectivity index (χ1) is 17.6. The van der Waals surface area contributed by atoms with E-state index in [0.717, 1.165) is 41.9 Å². The minimum absolute atomic E-state index is 0.0224. The first-order valence-electron chi connectivity index (χ1n) is 12.5. The van der Waals surface area contributed by atoms with E-state index in [1.54, 1.807) is 12.0 Å². The first-order valence-corrected chi connectivity index (χ1v) is 12.5. The molecule has 1 aliphatic heterocycles. The molecule has 0 bridgehead atoms. The monoisotopic (exact) mass is 486 g/mol. The van der Waals surface area contributed by atoms with Crippen molar-refractivity contribution in [2.24, 2.45) is 0 Å². The third kappa shape index (κ3) is 6.95. The normalized spacial score (nSPS) is 15.8. The molecule has 0 aliphatic carbocycles. The minimum atomic E-state index is -0.752. The summed E-state index contributed by atoms with van der Waals surface area (Å²) in [5.74, 6) is 0.476. The smallest absolute Gasteiger partial charge is 0.247 e. The van der Waals surface area contributed by atoms with Crippen LogP contribution in [0.25, 0.3) is 0 Å². The van der Waals surface area contributed by atoms with Crippen LogP contribution in [0.5, 0.6) is 5.75 Å². The van der Waals surface area contributed by atoms with Crippen molar-refractivity contribution in [3.05, 3.63) is 102 Å². The highest BCUT2D eigenvalue weighted by atomic mass is 16.5. The Labute approximate surface area is 213 Å². The van der Waals surface area contributed by atoms with E-state index in [0.29, 0.717) is 25.9 Å². The number of nitrogens with zero attached hydrogens (tertiary/aromatic N) is 1. The molecule has 1 N–H and O–H groups in total. The van der Waals surface area contributed by atoms with Crippen LogP contribution in [0.2, 0.25) is 0 Å². The van der Waals surface area contributed by atoms with Crippen LogP contribution in [-0.2, 0) is 27.3 Å². The summed E-state index contributed by atoms with van der Waals surface area (Å²) in [5.41, 5.74) is 2.80. The Morgan fingerprint density at radius 1 is 0.972 bits per heavy atom. The number of amides is 2. The van der Waals surface area contributed by atoms with Crippen molar-refractivity contribution in [2.75, 3.05) is 20.3 Å². The molecule has 188 valence electrons. The molecule has 0 saturated carbocycles. The van der Waals surface area contributed by atoms with Gasteiger partial charge in [0.25, 0.3) is 0 Å². The molecule has 0 aromatic heterocycles. The van der Waals surface area contributed by atoms with E-state index in [1.165, 1.54) is 0 Å². The fourth-order valence-corrected chi connectivity index (χ4v) is 4.52. The number of ether oxygens (including phenoxy) is 2. The molecule has 2 atom stereocenters. The Morgan fingerprint density at radius 2 is 1.67 bits per heavy atom. The number of carbonyl (C=O) groups excluding carboxylic acids is 2. The summed E-state index contributed by atoms with van der Waals surface area (Å²) >= 11 is 0. The number of nitrogens with one attached hydrogen (secondary N) is 1. The summed E-state index contributed by atoms with van der Waals surface area (Å²) in [7, 11) is 1.62. The van der Waals surface area contributed by atoms with Crippen molar-refractivity contribution in [1.82, 2.24) is 10.2 Å². The van der Waals surface area contributed by atoms with Crippen LogP contribution in [0.1, 0.15) is 42.0 Å². The number of benzene rings is 3. The van der Waals surface area contributed by atoms with Crippen LogP contribution < -0.4 is 10.1 Å². The topological polar surface area (TPSA) is 67.9 Å². The molecule has 0 radical (unpaired) electrons. The van der Waals surface area contributed by atoms with Crippen molar-refractivity contribution in [3.63, 3.8) is 0 Å². The Balaban J connectivity index is 1.60. The Bertz CT molecular complexity index is 1100. The Hall–Kier alpha value is -3.64. The van der Waals surface area contributed by atoms with Crippen LogP contribution in [0, 0.1) is 0 Å². The summed E-state index contributed by atoms with van der Waals surface area (Å²) in [4.78, 5) is 29.1. The molecule has 0 unspecified atom stereocenters. The molecule has 2 amide bonds. The van der Waals surface area contributed by atoms with Crippen molar-refractivity contribution in [1.29, 1.82) is 0 Å².